The second kappa shape index (κ2) is 2.62. The highest BCUT2D eigenvalue weighted by Crippen LogP contribution is 2.11. The first-order valence-electron chi connectivity index (χ1n) is 3.32. The maximum Gasteiger partial charge on any atom is 0.0358 e. The standard InChI is InChI=1S/C9H11N/c1-4-5-9-7(2)6-10-8(9)3/h1,6,10H,5H2,2-3H3. The molecule has 0 aliphatic heterocycles. The van der Waals surface area contributed by atoms with E-state index in [1.165, 1.54) is 16.8 Å². The summed E-state index contributed by atoms with van der Waals surface area (Å²) in [6, 6.07) is 0. The molecular weight excluding hydrogens is 122 g/mol. The Hall–Kier alpha value is -1.16. The monoisotopic (exact) mass is 133 g/mol. The quantitative estimate of drug-likeness (QED) is 0.562. The van der Waals surface area contributed by atoms with Crippen LogP contribution in [0.5, 0.6) is 0 Å². The van der Waals surface area contributed by atoms with Crippen LogP contribution in [-0.2, 0) is 6.42 Å². The normalized spacial score (nSPS) is 9.30. The Morgan fingerprint density at radius 3 is 2.70 bits per heavy atom. The van der Waals surface area contributed by atoms with Crippen molar-refractivity contribution in [1.82, 2.24) is 4.98 Å². The van der Waals surface area contributed by atoms with Crippen molar-refractivity contribution in [3.05, 3.63) is 23.0 Å². The van der Waals surface area contributed by atoms with E-state index in [-0.39, 0.29) is 0 Å². The SMILES string of the molecule is C#CCc1c(C)c[nH]c1C. The minimum absolute atomic E-state index is 0.737. The summed E-state index contributed by atoms with van der Waals surface area (Å²) in [5.41, 5.74) is 3.72. The van der Waals surface area contributed by atoms with Gasteiger partial charge in [-0.15, -0.1) is 12.3 Å². The van der Waals surface area contributed by atoms with Crippen LogP contribution in [0.4, 0.5) is 0 Å². The molecule has 0 saturated carbocycles. The van der Waals surface area contributed by atoms with E-state index in [1.807, 2.05) is 13.1 Å². The van der Waals surface area contributed by atoms with Crippen LogP contribution in [0.15, 0.2) is 6.20 Å². The Morgan fingerprint density at radius 2 is 2.30 bits per heavy atom. The minimum atomic E-state index is 0.737. The molecule has 1 heterocycles. The third kappa shape index (κ3) is 1.06. The van der Waals surface area contributed by atoms with Crippen LogP contribution in [0.3, 0.4) is 0 Å². The average Bonchev–Trinajstić information content (AvgIpc) is 2.20. The summed E-state index contributed by atoms with van der Waals surface area (Å²) in [7, 11) is 0. The molecule has 0 amide bonds. The van der Waals surface area contributed by atoms with Gasteiger partial charge in [-0.1, -0.05) is 0 Å². The largest absolute Gasteiger partial charge is 0.365 e. The molecular formula is C9H11N. The number of aryl methyl sites for hydroxylation is 2. The Bertz CT molecular complexity index is 243. The maximum atomic E-state index is 5.19. The van der Waals surface area contributed by atoms with Gasteiger partial charge in [0.15, 0.2) is 0 Å². The average molecular weight is 133 g/mol. The van der Waals surface area contributed by atoms with E-state index in [1.54, 1.807) is 0 Å². The van der Waals surface area contributed by atoms with Crippen LogP contribution in [0.1, 0.15) is 16.8 Å². The summed E-state index contributed by atoms with van der Waals surface area (Å²) < 4.78 is 0. The number of H-pyrrole nitrogens is 1. The van der Waals surface area contributed by atoms with E-state index in [4.69, 9.17) is 6.42 Å². The van der Waals surface area contributed by atoms with Crippen molar-refractivity contribution in [1.29, 1.82) is 0 Å². The highest BCUT2D eigenvalue weighted by atomic mass is 14.7. The zero-order valence-corrected chi connectivity index (χ0v) is 6.36. The molecule has 0 bridgehead atoms. The fourth-order valence-electron chi connectivity index (χ4n) is 1.06. The highest BCUT2D eigenvalue weighted by molar-refractivity contribution is 5.31. The Kier molecular flexibility index (Phi) is 1.82. The summed E-state index contributed by atoms with van der Waals surface area (Å²) in [5.74, 6) is 2.63. The van der Waals surface area contributed by atoms with Crippen LogP contribution in [0.25, 0.3) is 0 Å². The number of terminal acetylenes is 1. The smallest absolute Gasteiger partial charge is 0.0358 e. The molecule has 1 heteroatoms. The van der Waals surface area contributed by atoms with Crippen LogP contribution in [-0.4, -0.2) is 4.98 Å². The molecule has 1 aromatic rings. The number of nitrogens with one attached hydrogen (secondary N) is 1. The zero-order chi connectivity index (χ0) is 7.56. The van der Waals surface area contributed by atoms with Crippen LogP contribution in [0.2, 0.25) is 0 Å². The summed E-state index contributed by atoms with van der Waals surface area (Å²) in [6.07, 6.45) is 7.92. The molecule has 1 rings (SSSR count). The molecule has 0 unspecified atom stereocenters. The van der Waals surface area contributed by atoms with Crippen molar-refractivity contribution >= 4 is 0 Å². The van der Waals surface area contributed by atoms with Crippen molar-refractivity contribution in [3.8, 4) is 12.3 Å². The summed E-state index contributed by atoms with van der Waals surface area (Å²) in [5, 5.41) is 0. The molecule has 0 aliphatic rings. The Labute approximate surface area is 61.5 Å². The lowest BCUT2D eigenvalue weighted by Gasteiger charge is -1.93. The number of aromatic amines is 1. The Balaban J connectivity index is 3.01. The highest BCUT2D eigenvalue weighted by Gasteiger charge is 2.00. The van der Waals surface area contributed by atoms with Crippen molar-refractivity contribution in [2.75, 3.05) is 0 Å². The first-order chi connectivity index (χ1) is 4.75. The molecule has 0 atom stereocenters. The van der Waals surface area contributed by atoms with Gasteiger partial charge in [0.1, 0.15) is 0 Å². The van der Waals surface area contributed by atoms with Crippen LogP contribution < -0.4 is 0 Å². The second-order valence-electron chi connectivity index (χ2n) is 2.46. The number of hydrogen-bond donors (Lipinski definition) is 1. The lowest BCUT2D eigenvalue weighted by molar-refractivity contribution is 1.19. The molecule has 0 radical (unpaired) electrons. The molecule has 1 nitrogen and oxygen atoms in total. The van der Waals surface area contributed by atoms with Crippen LogP contribution >= 0.6 is 0 Å². The summed E-state index contributed by atoms with van der Waals surface area (Å²) in [4.78, 5) is 3.13. The molecule has 0 aromatic carbocycles. The minimum Gasteiger partial charge on any atom is -0.365 e. The van der Waals surface area contributed by atoms with Crippen molar-refractivity contribution in [2.45, 2.75) is 20.3 Å². The predicted octanol–water partition coefficient (Wildman–Crippen LogP) is 1.81. The first kappa shape index (κ1) is 6.95. The molecule has 52 valence electrons. The molecule has 0 spiro atoms. The van der Waals surface area contributed by atoms with E-state index in [2.05, 4.69) is 17.8 Å². The van der Waals surface area contributed by atoms with Crippen molar-refractivity contribution in [3.63, 3.8) is 0 Å². The second-order valence-corrected chi connectivity index (χ2v) is 2.46. The van der Waals surface area contributed by atoms with Gasteiger partial charge in [0.25, 0.3) is 0 Å². The lowest BCUT2D eigenvalue weighted by atomic mass is 10.1. The predicted molar refractivity (Wildman–Crippen MR) is 42.8 cm³/mol. The molecule has 0 aliphatic carbocycles. The van der Waals surface area contributed by atoms with Gasteiger partial charge in [0.2, 0.25) is 0 Å². The van der Waals surface area contributed by atoms with E-state index in [0.29, 0.717) is 0 Å². The zero-order valence-electron chi connectivity index (χ0n) is 6.36. The molecule has 1 aromatic heterocycles. The number of hydrogen-bond acceptors (Lipinski definition) is 0. The van der Waals surface area contributed by atoms with Crippen LogP contribution in [0, 0.1) is 26.2 Å². The number of rotatable bonds is 1. The lowest BCUT2D eigenvalue weighted by Crippen LogP contribution is -1.84. The van der Waals surface area contributed by atoms with Crippen molar-refractivity contribution in [2.24, 2.45) is 0 Å². The third-order valence-corrected chi connectivity index (χ3v) is 1.71. The molecule has 1 N–H and O–H groups in total. The Morgan fingerprint density at radius 1 is 1.60 bits per heavy atom. The fraction of sp³-hybridized carbons (Fsp3) is 0.333. The molecule has 10 heavy (non-hydrogen) atoms. The van der Waals surface area contributed by atoms with Gasteiger partial charge >= 0.3 is 0 Å². The number of aromatic nitrogens is 1. The summed E-state index contributed by atoms with van der Waals surface area (Å²) >= 11 is 0. The van der Waals surface area contributed by atoms with Gasteiger partial charge in [-0.2, -0.15) is 0 Å². The summed E-state index contributed by atoms with van der Waals surface area (Å²) in [6.45, 7) is 4.11. The van der Waals surface area contributed by atoms with E-state index in [9.17, 15) is 0 Å². The van der Waals surface area contributed by atoms with Crippen molar-refractivity contribution < 1.29 is 0 Å². The van der Waals surface area contributed by atoms with E-state index >= 15 is 0 Å². The third-order valence-electron chi connectivity index (χ3n) is 1.71. The maximum absolute atomic E-state index is 5.19. The van der Waals surface area contributed by atoms with Gasteiger partial charge in [-0.25, -0.2) is 0 Å². The molecule has 0 saturated heterocycles. The van der Waals surface area contributed by atoms with Gasteiger partial charge < -0.3 is 4.98 Å². The van der Waals surface area contributed by atoms with Gasteiger partial charge in [0, 0.05) is 18.3 Å². The molecule has 0 fully saturated rings. The van der Waals surface area contributed by atoms with Gasteiger partial charge in [0.05, 0.1) is 0 Å². The van der Waals surface area contributed by atoms with E-state index in [0.717, 1.165) is 6.42 Å². The topological polar surface area (TPSA) is 15.8 Å². The fourth-order valence-corrected chi connectivity index (χ4v) is 1.06. The first-order valence-corrected chi connectivity index (χ1v) is 3.32. The van der Waals surface area contributed by atoms with Gasteiger partial charge in [-0.05, 0) is 25.0 Å². The van der Waals surface area contributed by atoms with Gasteiger partial charge in [-0.3, -0.25) is 0 Å². The van der Waals surface area contributed by atoms with E-state index < -0.39 is 0 Å².